The van der Waals surface area contributed by atoms with Gasteiger partial charge in [-0.15, -0.1) is 0 Å². The van der Waals surface area contributed by atoms with Gasteiger partial charge in [-0.05, 0) is 54.1 Å². The predicted molar refractivity (Wildman–Crippen MR) is 127 cm³/mol. The van der Waals surface area contributed by atoms with Crippen LogP contribution in [0.15, 0.2) is 60.7 Å². The fourth-order valence-electron chi connectivity index (χ4n) is 3.02. The molecule has 0 aliphatic carbocycles. The van der Waals surface area contributed by atoms with Gasteiger partial charge in [0.05, 0.1) is 26.4 Å². The van der Waals surface area contributed by atoms with Crippen molar-refractivity contribution in [2.75, 3.05) is 21.3 Å². The fraction of sp³-hybridized carbons (Fsp3) is 0.160. The molecular formula is C25H22Cl2O5. The molecule has 0 bridgehead atoms. The zero-order valence-electron chi connectivity index (χ0n) is 17.9. The molecule has 0 spiro atoms. The van der Waals surface area contributed by atoms with Crippen molar-refractivity contribution >= 4 is 35.1 Å². The maximum Gasteiger partial charge on any atom is 0.185 e. The Hall–Kier alpha value is -3.15. The predicted octanol–water partition coefficient (Wildman–Crippen LogP) is 6.49. The standard InChI is InChI=1S/C25H22Cl2O5/c1-29-21-11-8-16(13-18(21)15-32-23-6-4-5-19(26)25(23)27)7-10-20(28)17-9-12-22(30-2)24(14-17)31-3/h4-14H,15H2,1-3H3/b10-7+. The number of ether oxygens (including phenoxy) is 4. The highest BCUT2D eigenvalue weighted by Crippen LogP contribution is 2.33. The minimum absolute atomic E-state index is 0.162. The summed E-state index contributed by atoms with van der Waals surface area (Å²) in [6, 6.07) is 15.8. The molecule has 0 N–H and O–H groups in total. The van der Waals surface area contributed by atoms with Crippen molar-refractivity contribution < 1.29 is 23.7 Å². The van der Waals surface area contributed by atoms with Crippen LogP contribution in [-0.2, 0) is 6.61 Å². The first-order chi connectivity index (χ1) is 15.5. The summed E-state index contributed by atoms with van der Waals surface area (Å²) in [5, 5.41) is 0.770. The van der Waals surface area contributed by atoms with Crippen LogP contribution < -0.4 is 18.9 Å². The topological polar surface area (TPSA) is 54.0 Å². The van der Waals surface area contributed by atoms with Crippen LogP contribution in [0.3, 0.4) is 0 Å². The van der Waals surface area contributed by atoms with Gasteiger partial charge in [0, 0.05) is 11.1 Å². The van der Waals surface area contributed by atoms with Crippen LogP contribution in [0.5, 0.6) is 23.0 Å². The summed E-state index contributed by atoms with van der Waals surface area (Å²) in [5.74, 6) is 2.03. The lowest BCUT2D eigenvalue weighted by Crippen LogP contribution is -2.00. The molecule has 0 saturated carbocycles. The highest BCUT2D eigenvalue weighted by Gasteiger charge is 2.11. The second kappa shape index (κ2) is 10.9. The van der Waals surface area contributed by atoms with Gasteiger partial charge in [0.2, 0.25) is 0 Å². The number of benzene rings is 3. The normalized spacial score (nSPS) is 10.8. The molecule has 0 saturated heterocycles. The van der Waals surface area contributed by atoms with Gasteiger partial charge >= 0.3 is 0 Å². The molecule has 0 unspecified atom stereocenters. The average molecular weight is 473 g/mol. The van der Waals surface area contributed by atoms with E-state index in [2.05, 4.69) is 0 Å². The molecular weight excluding hydrogens is 451 g/mol. The number of hydrogen-bond acceptors (Lipinski definition) is 5. The second-order valence-corrected chi connectivity index (χ2v) is 7.46. The molecule has 5 nitrogen and oxygen atoms in total. The number of hydrogen-bond donors (Lipinski definition) is 0. The Morgan fingerprint density at radius 3 is 2.28 bits per heavy atom. The number of methoxy groups -OCH3 is 3. The van der Waals surface area contributed by atoms with E-state index in [0.29, 0.717) is 38.6 Å². The van der Waals surface area contributed by atoms with Gasteiger partial charge in [-0.2, -0.15) is 0 Å². The maximum absolute atomic E-state index is 12.6. The molecule has 3 rings (SSSR count). The monoisotopic (exact) mass is 472 g/mol. The molecule has 0 aliphatic heterocycles. The number of carbonyl (C=O) groups is 1. The fourth-order valence-corrected chi connectivity index (χ4v) is 3.37. The first-order valence-corrected chi connectivity index (χ1v) is 10.4. The van der Waals surface area contributed by atoms with Crippen molar-refractivity contribution in [1.82, 2.24) is 0 Å². The number of allylic oxidation sites excluding steroid dienone is 1. The SMILES string of the molecule is COc1ccc(/C=C/C(=O)c2ccc(OC)c(OC)c2)cc1COc1cccc(Cl)c1Cl. The lowest BCUT2D eigenvalue weighted by Gasteiger charge is -2.12. The summed E-state index contributed by atoms with van der Waals surface area (Å²) in [4.78, 5) is 12.6. The zero-order chi connectivity index (χ0) is 23.1. The van der Waals surface area contributed by atoms with E-state index in [4.69, 9.17) is 42.1 Å². The van der Waals surface area contributed by atoms with Crippen LogP contribution in [0.2, 0.25) is 10.0 Å². The molecule has 3 aromatic rings. The van der Waals surface area contributed by atoms with E-state index in [1.165, 1.54) is 13.2 Å². The summed E-state index contributed by atoms with van der Waals surface area (Å²) in [7, 11) is 4.66. The Morgan fingerprint density at radius 2 is 1.56 bits per heavy atom. The largest absolute Gasteiger partial charge is 0.496 e. The Balaban J connectivity index is 1.78. The van der Waals surface area contributed by atoms with Gasteiger partial charge in [-0.3, -0.25) is 4.79 Å². The highest BCUT2D eigenvalue weighted by molar-refractivity contribution is 6.42. The number of halogens is 2. The molecule has 3 aromatic carbocycles. The minimum Gasteiger partial charge on any atom is -0.496 e. The van der Waals surface area contributed by atoms with Crippen molar-refractivity contribution in [1.29, 1.82) is 0 Å². The summed E-state index contributed by atoms with van der Waals surface area (Å²) < 4.78 is 21.7. The second-order valence-electron chi connectivity index (χ2n) is 6.68. The van der Waals surface area contributed by atoms with Gasteiger partial charge < -0.3 is 18.9 Å². The molecule has 0 aromatic heterocycles. The zero-order valence-corrected chi connectivity index (χ0v) is 19.4. The van der Waals surface area contributed by atoms with Crippen molar-refractivity contribution in [3.05, 3.63) is 87.4 Å². The molecule has 32 heavy (non-hydrogen) atoms. The van der Waals surface area contributed by atoms with Crippen LogP contribution >= 0.6 is 23.2 Å². The summed E-state index contributed by atoms with van der Waals surface area (Å²) >= 11 is 12.2. The molecule has 0 radical (unpaired) electrons. The lowest BCUT2D eigenvalue weighted by molar-refractivity contribution is 0.104. The first kappa shape index (κ1) is 23.5. The van der Waals surface area contributed by atoms with Gasteiger partial charge in [0.1, 0.15) is 23.1 Å². The van der Waals surface area contributed by atoms with Crippen molar-refractivity contribution in [2.24, 2.45) is 0 Å². The average Bonchev–Trinajstić information content (AvgIpc) is 2.82. The quantitative estimate of drug-likeness (QED) is 0.263. The van der Waals surface area contributed by atoms with Gasteiger partial charge in [-0.25, -0.2) is 0 Å². The van der Waals surface area contributed by atoms with Crippen molar-refractivity contribution in [3.8, 4) is 23.0 Å². The molecule has 0 atom stereocenters. The van der Waals surface area contributed by atoms with Crippen LogP contribution in [0.4, 0.5) is 0 Å². The van der Waals surface area contributed by atoms with Crippen molar-refractivity contribution in [3.63, 3.8) is 0 Å². The Morgan fingerprint density at radius 1 is 0.844 bits per heavy atom. The third-order valence-electron chi connectivity index (χ3n) is 4.70. The van der Waals surface area contributed by atoms with Crippen LogP contribution in [0, 0.1) is 0 Å². The van der Waals surface area contributed by atoms with E-state index in [-0.39, 0.29) is 12.4 Å². The maximum atomic E-state index is 12.6. The van der Waals surface area contributed by atoms with Gasteiger partial charge in [0.15, 0.2) is 17.3 Å². The summed E-state index contributed by atoms with van der Waals surface area (Å²) in [5.41, 5.74) is 2.10. The van der Waals surface area contributed by atoms with E-state index in [1.54, 1.807) is 56.7 Å². The first-order valence-electron chi connectivity index (χ1n) is 9.65. The molecule has 7 heteroatoms. The van der Waals surface area contributed by atoms with E-state index in [0.717, 1.165) is 11.1 Å². The summed E-state index contributed by atoms with van der Waals surface area (Å²) in [6.45, 7) is 0.217. The molecule has 0 aliphatic rings. The Bertz CT molecular complexity index is 1140. The number of ketones is 1. The van der Waals surface area contributed by atoms with Crippen LogP contribution in [-0.4, -0.2) is 27.1 Å². The van der Waals surface area contributed by atoms with E-state index in [9.17, 15) is 4.79 Å². The number of carbonyl (C=O) groups excluding carboxylic acids is 1. The molecule has 0 amide bonds. The molecule has 0 fully saturated rings. The minimum atomic E-state index is -0.162. The molecule has 166 valence electrons. The van der Waals surface area contributed by atoms with Crippen LogP contribution in [0.25, 0.3) is 6.08 Å². The van der Waals surface area contributed by atoms with Gasteiger partial charge in [-0.1, -0.05) is 41.4 Å². The summed E-state index contributed by atoms with van der Waals surface area (Å²) in [6.07, 6.45) is 3.23. The van der Waals surface area contributed by atoms with E-state index >= 15 is 0 Å². The Labute approximate surface area is 197 Å². The third-order valence-corrected chi connectivity index (χ3v) is 5.50. The number of rotatable bonds is 9. The van der Waals surface area contributed by atoms with Crippen molar-refractivity contribution in [2.45, 2.75) is 6.61 Å². The smallest absolute Gasteiger partial charge is 0.185 e. The Kier molecular flexibility index (Phi) is 8.03. The highest BCUT2D eigenvalue weighted by atomic mass is 35.5. The lowest BCUT2D eigenvalue weighted by atomic mass is 10.1. The van der Waals surface area contributed by atoms with Crippen LogP contribution in [0.1, 0.15) is 21.5 Å². The van der Waals surface area contributed by atoms with E-state index in [1.807, 2.05) is 18.2 Å². The van der Waals surface area contributed by atoms with E-state index < -0.39 is 0 Å². The third kappa shape index (κ3) is 5.55. The molecule has 0 heterocycles. The van der Waals surface area contributed by atoms with Gasteiger partial charge in [0.25, 0.3) is 0 Å².